The highest BCUT2D eigenvalue weighted by atomic mass is 35.5. The van der Waals surface area contributed by atoms with Crippen molar-refractivity contribution in [2.75, 3.05) is 0 Å². The number of aryl methyl sites for hydroxylation is 1. The van der Waals surface area contributed by atoms with Gasteiger partial charge in [-0.3, -0.25) is 0 Å². The van der Waals surface area contributed by atoms with Crippen molar-refractivity contribution in [1.29, 1.82) is 0 Å². The first-order chi connectivity index (χ1) is 7.61. The molecule has 0 aromatic heterocycles. The summed E-state index contributed by atoms with van der Waals surface area (Å²) in [5.74, 6) is -1.22. The summed E-state index contributed by atoms with van der Waals surface area (Å²) in [5, 5.41) is 0. The normalized spacial score (nSPS) is 17.9. The fourth-order valence-electron chi connectivity index (χ4n) is 2.49. The number of benzene rings is 1. The molecule has 0 aliphatic heterocycles. The molecule has 1 aliphatic rings. The highest BCUT2D eigenvalue weighted by Gasteiger charge is 2.26. The van der Waals surface area contributed by atoms with E-state index in [0.29, 0.717) is 17.0 Å². The van der Waals surface area contributed by atoms with E-state index in [4.69, 9.17) is 5.73 Å². The van der Waals surface area contributed by atoms with Crippen molar-refractivity contribution in [2.24, 2.45) is 11.7 Å². The Kier molecular flexibility index (Phi) is 4.90. The maximum Gasteiger partial charge on any atom is 0.163 e. The van der Waals surface area contributed by atoms with Gasteiger partial charge in [0.2, 0.25) is 0 Å². The van der Waals surface area contributed by atoms with Gasteiger partial charge in [0.25, 0.3) is 0 Å². The third-order valence-electron chi connectivity index (χ3n) is 3.57. The molecule has 0 saturated heterocycles. The van der Waals surface area contributed by atoms with Crippen molar-refractivity contribution in [3.05, 3.63) is 34.9 Å². The van der Waals surface area contributed by atoms with Crippen LogP contribution in [0.5, 0.6) is 0 Å². The molecule has 1 saturated carbocycles. The number of hydrogen-bond donors (Lipinski definition) is 1. The summed E-state index contributed by atoms with van der Waals surface area (Å²) in [6.45, 7) is 1.56. The second-order valence-electron chi connectivity index (χ2n) is 4.67. The molecule has 17 heavy (non-hydrogen) atoms. The summed E-state index contributed by atoms with van der Waals surface area (Å²) in [6, 6.07) is 2.86. The lowest BCUT2D eigenvalue weighted by Gasteiger charge is -2.20. The summed E-state index contributed by atoms with van der Waals surface area (Å²) in [6.07, 6.45) is 4.34. The van der Waals surface area contributed by atoms with Crippen LogP contribution in [0.2, 0.25) is 0 Å². The first-order valence-electron chi connectivity index (χ1n) is 5.81. The monoisotopic (exact) mass is 261 g/mol. The molecule has 1 atom stereocenters. The Balaban J connectivity index is 0.00000144. The molecule has 2 N–H and O–H groups in total. The molecular weight excluding hydrogens is 244 g/mol. The zero-order valence-electron chi connectivity index (χ0n) is 9.88. The van der Waals surface area contributed by atoms with Gasteiger partial charge in [0.05, 0.1) is 0 Å². The van der Waals surface area contributed by atoms with Crippen molar-refractivity contribution in [2.45, 2.75) is 38.6 Å². The molecule has 2 rings (SSSR count). The number of rotatable bonds is 2. The van der Waals surface area contributed by atoms with Crippen LogP contribution in [-0.2, 0) is 0 Å². The van der Waals surface area contributed by atoms with Crippen molar-refractivity contribution < 1.29 is 8.78 Å². The van der Waals surface area contributed by atoms with E-state index in [2.05, 4.69) is 0 Å². The molecule has 1 nitrogen and oxygen atoms in total. The van der Waals surface area contributed by atoms with Crippen LogP contribution in [0.25, 0.3) is 0 Å². The van der Waals surface area contributed by atoms with Crippen LogP contribution < -0.4 is 5.73 Å². The number of halogens is 3. The van der Waals surface area contributed by atoms with Crippen LogP contribution in [0.4, 0.5) is 8.78 Å². The van der Waals surface area contributed by atoms with E-state index in [1.807, 2.05) is 0 Å². The molecule has 0 bridgehead atoms. The zero-order chi connectivity index (χ0) is 11.7. The predicted molar refractivity (Wildman–Crippen MR) is 67.2 cm³/mol. The fraction of sp³-hybridized carbons (Fsp3) is 0.538. The zero-order valence-corrected chi connectivity index (χ0v) is 10.7. The highest BCUT2D eigenvalue weighted by Crippen LogP contribution is 2.35. The Morgan fingerprint density at radius 2 is 1.76 bits per heavy atom. The van der Waals surface area contributed by atoms with Crippen molar-refractivity contribution in [3.63, 3.8) is 0 Å². The SMILES string of the molecule is Cc1ccc([C@H](N)C2CCCC2)c(F)c1F.Cl. The Labute approximate surface area is 107 Å². The smallest absolute Gasteiger partial charge is 0.163 e. The molecule has 0 radical (unpaired) electrons. The molecule has 0 heterocycles. The van der Waals surface area contributed by atoms with Gasteiger partial charge in [0.15, 0.2) is 11.6 Å². The first-order valence-corrected chi connectivity index (χ1v) is 5.81. The third kappa shape index (κ3) is 2.78. The van der Waals surface area contributed by atoms with E-state index >= 15 is 0 Å². The first kappa shape index (κ1) is 14.4. The Bertz CT molecular complexity index is 389. The highest BCUT2D eigenvalue weighted by molar-refractivity contribution is 5.85. The minimum absolute atomic E-state index is 0. The lowest BCUT2D eigenvalue weighted by molar-refractivity contribution is 0.414. The Hall–Kier alpha value is -0.670. The third-order valence-corrected chi connectivity index (χ3v) is 3.57. The van der Waals surface area contributed by atoms with Crippen LogP contribution in [-0.4, -0.2) is 0 Å². The molecule has 1 fully saturated rings. The van der Waals surface area contributed by atoms with Gasteiger partial charge in [-0.2, -0.15) is 0 Å². The average Bonchev–Trinajstić information content (AvgIpc) is 2.79. The van der Waals surface area contributed by atoms with Crippen molar-refractivity contribution >= 4 is 12.4 Å². The summed E-state index contributed by atoms with van der Waals surface area (Å²) in [4.78, 5) is 0. The van der Waals surface area contributed by atoms with E-state index in [1.54, 1.807) is 19.1 Å². The average molecular weight is 262 g/mol. The van der Waals surface area contributed by atoms with Gasteiger partial charge in [-0.1, -0.05) is 25.0 Å². The van der Waals surface area contributed by atoms with E-state index in [9.17, 15) is 8.78 Å². The molecule has 1 aliphatic carbocycles. The van der Waals surface area contributed by atoms with Crippen LogP contribution in [0.1, 0.15) is 42.9 Å². The van der Waals surface area contributed by atoms with E-state index in [0.717, 1.165) is 25.7 Å². The molecule has 0 spiro atoms. The van der Waals surface area contributed by atoms with E-state index < -0.39 is 11.6 Å². The Morgan fingerprint density at radius 1 is 1.18 bits per heavy atom. The second-order valence-corrected chi connectivity index (χ2v) is 4.67. The van der Waals surface area contributed by atoms with Crippen LogP contribution >= 0.6 is 12.4 Å². The van der Waals surface area contributed by atoms with Gasteiger partial charge in [-0.05, 0) is 31.2 Å². The standard InChI is InChI=1S/C13H17F2N.ClH/c1-8-6-7-10(12(15)11(8)14)13(16)9-4-2-3-5-9;/h6-7,9,13H,2-5,16H2,1H3;1H/t13-;/m1./s1. The Morgan fingerprint density at radius 3 is 2.35 bits per heavy atom. The molecule has 1 aromatic rings. The van der Waals surface area contributed by atoms with E-state index in [-0.39, 0.29) is 18.4 Å². The lowest BCUT2D eigenvalue weighted by Crippen LogP contribution is -2.21. The fourth-order valence-corrected chi connectivity index (χ4v) is 2.49. The van der Waals surface area contributed by atoms with Crippen molar-refractivity contribution in [1.82, 2.24) is 0 Å². The molecule has 96 valence electrons. The topological polar surface area (TPSA) is 26.0 Å². The minimum atomic E-state index is -0.764. The van der Waals surface area contributed by atoms with Crippen LogP contribution in [0.15, 0.2) is 12.1 Å². The number of nitrogens with two attached hydrogens (primary N) is 1. The maximum atomic E-state index is 13.7. The number of hydrogen-bond acceptors (Lipinski definition) is 1. The van der Waals surface area contributed by atoms with Crippen LogP contribution in [0, 0.1) is 24.5 Å². The van der Waals surface area contributed by atoms with Gasteiger partial charge in [0, 0.05) is 11.6 Å². The molecular formula is C13H18ClF2N. The molecule has 4 heteroatoms. The summed E-state index contributed by atoms with van der Waals surface area (Å²) >= 11 is 0. The van der Waals surface area contributed by atoms with Crippen molar-refractivity contribution in [3.8, 4) is 0 Å². The molecule has 1 aromatic carbocycles. The van der Waals surface area contributed by atoms with E-state index in [1.165, 1.54) is 0 Å². The summed E-state index contributed by atoms with van der Waals surface area (Å²) < 4.78 is 27.1. The second kappa shape index (κ2) is 5.78. The minimum Gasteiger partial charge on any atom is -0.324 e. The van der Waals surface area contributed by atoms with Crippen LogP contribution in [0.3, 0.4) is 0 Å². The maximum absolute atomic E-state index is 13.7. The molecule has 0 amide bonds. The molecule has 0 unspecified atom stereocenters. The summed E-state index contributed by atoms with van der Waals surface area (Å²) in [7, 11) is 0. The summed E-state index contributed by atoms with van der Waals surface area (Å²) in [5.41, 5.74) is 6.68. The lowest BCUT2D eigenvalue weighted by atomic mass is 9.91. The quantitative estimate of drug-likeness (QED) is 0.859. The van der Waals surface area contributed by atoms with Gasteiger partial charge >= 0.3 is 0 Å². The van der Waals surface area contributed by atoms with Gasteiger partial charge in [0.1, 0.15) is 0 Å². The largest absolute Gasteiger partial charge is 0.324 e. The predicted octanol–water partition coefficient (Wildman–Crippen LogP) is 3.89. The van der Waals surface area contributed by atoms with Gasteiger partial charge in [-0.25, -0.2) is 8.78 Å². The van der Waals surface area contributed by atoms with Gasteiger partial charge in [-0.15, -0.1) is 12.4 Å². The van der Waals surface area contributed by atoms with Gasteiger partial charge < -0.3 is 5.73 Å².